The van der Waals surface area contributed by atoms with Crippen molar-refractivity contribution in [1.82, 2.24) is 4.98 Å². The summed E-state index contributed by atoms with van der Waals surface area (Å²) in [6, 6.07) is 13.5. The summed E-state index contributed by atoms with van der Waals surface area (Å²) in [6.07, 6.45) is 1.53. The van der Waals surface area contributed by atoms with Gasteiger partial charge in [0.25, 0.3) is 0 Å². The fourth-order valence-electron chi connectivity index (χ4n) is 2.91. The summed E-state index contributed by atoms with van der Waals surface area (Å²) in [6.45, 7) is 3.18. The summed E-state index contributed by atoms with van der Waals surface area (Å²) in [7, 11) is -3.73. The molecule has 2 aromatic carbocycles. The van der Waals surface area contributed by atoms with Gasteiger partial charge in [0.1, 0.15) is 0 Å². The number of carbonyl (C=O) groups excluding carboxylic acids is 2. The highest BCUT2D eigenvalue weighted by Gasteiger charge is 2.21. The molecule has 0 saturated heterocycles. The van der Waals surface area contributed by atoms with Crippen molar-refractivity contribution in [3.05, 3.63) is 93.8 Å². The minimum Gasteiger partial charge on any atom is -0.295 e. The van der Waals surface area contributed by atoms with Crippen molar-refractivity contribution < 1.29 is 18.0 Å². The highest BCUT2D eigenvalue weighted by Crippen LogP contribution is 2.24. The van der Waals surface area contributed by atoms with E-state index in [0.717, 1.165) is 0 Å². The molecule has 3 rings (SSSR count). The average molecular weight is 428 g/mol. The maximum absolute atomic E-state index is 13.0. The molecular weight excluding hydrogens is 410 g/mol. The Bertz CT molecular complexity index is 1200. The number of halogens is 1. The standard InChI is InChI=1S/C22H18ClNO4S/c1-14-11-17(9-10-24-14)22(26)21-12-19(23)6-3-18(21)13-29(27,28)20-7-4-16(5-8-20)15(2)25/h3-12H,13H2,1-2H3. The topological polar surface area (TPSA) is 81.2 Å². The van der Waals surface area contributed by atoms with Crippen LogP contribution < -0.4 is 0 Å². The van der Waals surface area contributed by atoms with E-state index in [1.54, 1.807) is 31.2 Å². The fraction of sp³-hybridized carbons (Fsp3) is 0.136. The van der Waals surface area contributed by atoms with Crippen molar-refractivity contribution >= 4 is 33.0 Å². The summed E-state index contributed by atoms with van der Waals surface area (Å²) in [5.41, 5.74) is 2.10. The van der Waals surface area contributed by atoms with Crippen molar-refractivity contribution in [1.29, 1.82) is 0 Å². The summed E-state index contributed by atoms with van der Waals surface area (Å²) in [4.78, 5) is 28.6. The fourth-order valence-corrected chi connectivity index (χ4v) is 4.46. The van der Waals surface area contributed by atoms with Gasteiger partial charge in [-0.3, -0.25) is 14.6 Å². The predicted octanol–water partition coefficient (Wildman–Crippen LogP) is 4.45. The van der Waals surface area contributed by atoms with Gasteiger partial charge in [0.2, 0.25) is 0 Å². The monoisotopic (exact) mass is 427 g/mol. The molecule has 0 N–H and O–H groups in total. The molecule has 29 heavy (non-hydrogen) atoms. The zero-order valence-corrected chi connectivity index (χ0v) is 17.4. The van der Waals surface area contributed by atoms with Gasteiger partial charge in [-0.25, -0.2) is 8.42 Å². The molecule has 0 unspecified atom stereocenters. The smallest absolute Gasteiger partial charge is 0.193 e. The number of aromatic nitrogens is 1. The Kier molecular flexibility index (Phi) is 5.96. The van der Waals surface area contributed by atoms with Crippen LogP contribution in [-0.2, 0) is 15.6 Å². The van der Waals surface area contributed by atoms with Crippen LogP contribution in [0.4, 0.5) is 0 Å². The number of aryl methyl sites for hydroxylation is 1. The van der Waals surface area contributed by atoms with Crippen molar-refractivity contribution in [3.8, 4) is 0 Å². The van der Waals surface area contributed by atoms with Crippen LogP contribution in [0.5, 0.6) is 0 Å². The van der Waals surface area contributed by atoms with Crippen molar-refractivity contribution in [2.24, 2.45) is 0 Å². The Morgan fingerprint density at radius 3 is 2.28 bits per heavy atom. The van der Waals surface area contributed by atoms with Gasteiger partial charge >= 0.3 is 0 Å². The van der Waals surface area contributed by atoms with Crippen LogP contribution in [0.25, 0.3) is 0 Å². The molecule has 5 nitrogen and oxygen atoms in total. The molecular formula is C22H18ClNO4S. The molecule has 0 radical (unpaired) electrons. The first-order valence-corrected chi connectivity index (χ1v) is 10.8. The van der Waals surface area contributed by atoms with Crippen LogP contribution in [0.3, 0.4) is 0 Å². The van der Waals surface area contributed by atoms with E-state index in [0.29, 0.717) is 27.4 Å². The number of sulfone groups is 1. The molecule has 1 aromatic heterocycles. The first kappa shape index (κ1) is 20.9. The van der Waals surface area contributed by atoms with E-state index >= 15 is 0 Å². The maximum atomic E-state index is 13.0. The molecule has 3 aromatic rings. The normalized spacial score (nSPS) is 11.3. The van der Waals surface area contributed by atoms with E-state index in [9.17, 15) is 18.0 Å². The minimum absolute atomic E-state index is 0.0793. The van der Waals surface area contributed by atoms with E-state index in [1.165, 1.54) is 43.5 Å². The van der Waals surface area contributed by atoms with E-state index < -0.39 is 9.84 Å². The van der Waals surface area contributed by atoms with Gasteiger partial charge in [-0.2, -0.15) is 0 Å². The zero-order chi connectivity index (χ0) is 21.2. The molecule has 0 aliphatic heterocycles. The van der Waals surface area contributed by atoms with Crippen molar-refractivity contribution in [2.75, 3.05) is 0 Å². The van der Waals surface area contributed by atoms with Crippen LogP contribution in [0.15, 0.2) is 65.7 Å². The molecule has 0 aliphatic carbocycles. The van der Waals surface area contributed by atoms with Crippen LogP contribution in [0, 0.1) is 6.92 Å². The molecule has 0 spiro atoms. The van der Waals surface area contributed by atoms with E-state index in [2.05, 4.69) is 4.98 Å². The zero-order valence-electron chi connectivity index (χ0n) is 15.8. The third-order valence-electron chi connectivity index (χ3n) is 4.44. The minimum atomic E-state index is -3.73. The van der Waals surface area contributed by atoms with Gasteiger partial charge in [0, 0.05) is 33.6 Å². The molecule has 0 fully saturated rings. The first-order valence-electron chi connectivity index (χ1n) is 8.77. The lowest BCUT2D eigenvalue weighted by molar-refractivity contribution is 0.101. The average Bonchev–Trinajstić information content (AvgIpc) is 2.68. The van der Waals surface area contributed by atoms with Crippen LogP contribution in [0.1, 0.15) is 44.5 Å². The van der Waals surface area contributed by atoms with Gasteiger partial charge in [0.05, 0.1) is 10.6 Å². The lowest BCUT2D eigenvalue weighted by atomic mass is 9.99. The lowest BCUT2D eigenvalue weighted by Gasteiger charge is -2.11. The molecule has 1 heterocycles. The third kappa shape index (κ3) is 4.78. The highest BCUT2D eigenvalue weighted by atomic mass is 35.5. The molecule has 0 aliphatic rings. The largest absolute Gasteiger partial charge is 0.295 e. The second-order valence-electron chi connectivity index (χ2n) is 6.66. The van der Waals surface area contributed by atoms with Gasteiger partial charge in [-0.15, -0.1) is 0 Å². The summed E-state index contributed by atoms with van der Waals surface area (Å²) in [5, 5.41) is 0.339. The number of ketones is 2. The molecule has 7 heteroatoms. The molecule has 0 amide bonds. The van der Waals surface area contributed by atoms with Crippen LogP contribution >= 0.6 is 11.6 Å². The Morgan fingerprint density at radius 1 is 0.966 bits per heavy atom. The van der Waals surface area contributed by atoms with E-state index in [4.69, 9.17) is 11.6 Å². The summed E-state index contributed by atoms with van der Waals surface area (Å²) >= 11 is 6.07. The lowest BCUT2D eigenvalue weighted by Crippen LogP contribution is -2.11. The summed E-state index contributed by atoms with van der Waals surface area (Å²) in [5.74, 6) is -0.836. The Morgan fingerprint density at radius 2 is 1.66 bits per heavy atom. The third-order valence-corrected chi connectivity index (χ3v) is 6.36. The maximum Gasteiger partial charge on any atom is 0.193 e. The number of hydrogen-bond donors (Lipinski definition) is 0. The number of rotatable bonds is 6. The Balaban J connectivity index is 1.99. The second-order valence-corrected chi connectivity index (χ2v) is 9.08. The number of hydrogen-bond acceptors (Lipinski definition) is 5. The number of Topliss-reactive ketones (excluding diaryl/α,β-unsaturated/α-hetero) is 1. The Labute approximate surface area is 174 Å². The predicted molar refractivity (Wildman–Crippen MR) is 111 cm³/mol. The summed E-state index contributed by atoms with van der Waals surface area (Å²) < 4.78 is 25.8. The van der Waals surface area contributed by atoms with Gasteiger partial charge in [-0.05, 0) is 55.8 Å². The molecule has 148 valence electrons. The molecule has 0 atom stereocenters. The first-order chi connectivity index (χ1) is 13.7. The van der Waals surface area contributed by atoms with Crippen LogP contribution in [-0.4, -0.2) is 25.0 Å². The SMILES string of the molecule is CC(=O)c1ccc(S(=O)(=O)Cc2ccc(Cl)cc2C(=O)c2ccnc(C)c2)cc1. The number of nitrogens with zero attached hydrogens (tertiary/aromatic N) is 1. The van der Waals surface area contributed by atoms with Gasteiger partial charge in [0.15, 0.2) is 21.4 Å². The highest BCUT2D eigenvalue weighted by molar-refractivity contribution is 7.90. The Hall–Kier alpha value is -2.83. The number of carbonyl (C=O) groups is 2. The van der Waals surface area contributed by atoms with Gasteiger partial charge < -0.3 is 0 Å². The van der Waals surface area contributed by atoms with Gasteiger partial charge in [-0.1, -0.05) is 29.8 Å². The van der Waals surface area contributed by atoms with Crippen molar-refractivity contribution in [2.45, 2.75) is 24.5 Å². The van der Waals surface area contributed by atoms with Crippen molar-refractivity contribution in [3.63, 3.8) is 0 Å². The van der Waals surface area contributed by atoms with E-state index in [-0.39, 0.29) is 27.8 Å². The number of benzene rings is 2. The van der Waals surface area contributed by atoms with E-state index in [1.807, 2.05) is 0 Å². The second kappa shape index (κ2) is 8.27. The number of pyridine rings is 1. The molecule has 0 saturated carbocycles. The van der Waals surface area contributed by atoms with Crippen LogP contribution in [0.2, 0.25) is 5.02 Å². The quantitative estimate of drug-likeness (QED) is 0.543. The molecule has 0 bridgehead atoms.